The summed E-state index contributed by atoms with van der Waals surface area (Å²) in [5, 5.41) is 0. The van der Waals surface area contributed by atoms with Gasteiger partial charge >= 0.3 is 0 Å². The van der Waals surface area contributed by atoms with E-state index in [1.165, 1.54) is 0 Å². The molecule has 0 N–H and O–H groups in total. The average molecular weight is 170 g/mol. The van der Waals surface area contributed by atoms with Crippen molar-refractivity contribution in [1.29, 1.82) is 0 Å². The van der Waals surface area contributed by atoms with E-state index in [0.29, 0.717) is 12.1 Å². The number of hydrogen-bond acceptors (Lipinski definition) is 2. The Morgan fingerprint density at radius 2 is 2.36 bits per heavy atom. The van der Waals surface area contributed by atoms with E-state index in [2.05, 4.69) is 10.5 Å². The zero-order chi connectivity index (χ0) is 8.32. The Hall–Kier alpha value is -0.900. The molecule has 0 amide bonds. The van der Waals surface area contributed by atoms with Crippen molar-refractivity contribution in [1.82, 2.24) is 0 Å². The molecule has 0 bridgehead atoms. The molecule has 4 heteroatoms. The lowest BCUT2D eigenvalue weighted by atomic mass is 10.2. The molecule has 0 fully saturated rings. The van der Waals surface area contributed by atoms with Gasteiger partial charge in [-0.15, -0.1) is 0 Å². The molecular weight excluding hydrogens is 162 g/mol. The van der Waals surface area contributed by atoms with Crippen LogP contribution in [0.5, 0.6) is 0 Å². The molecule has 3 nitrogen and oxygen atoms in total. The first-order valence-corrected chi connectivity index (χ1v) is 4.96. The highest BCUT2D eigenvalue weighted by Crippen LogP contribution is 2.00. The van der Waals surface area contributed by atoms with Crippen LogP contribution < -0.4 is 0 Å². The topological polar surface area (TPSA) is 46.5 Å². The Balaban J connectivity index is 2.85. The van der Waals surface area contributed by atoms with Crippen molar-refractivity contribution in [3.8, 4) is 0 Å². The fourth-order valence-electron chi connectivity index (χ4n) is 0.728. The first-order valence-electron chi connectivity index (χ1n) is 3.11. The maximum absolute atomic E-state index is 10.6. The maximum Gasteiger partial charge on any atom is 0.250 e. The van der Waals surface area contributed by atoms with Gasteiger partial charge in [0.05, 0.1) is 12.0 Å². The van der Waals surface area contributed by atoms with Gasteiger partial charge < -0.3 is 0 Å². The van der Waals surface area contributed by atoms with E-state index < -0.39 is 10.0 Å². The minimum Gasteiger partial charge on any atom is -0.205 e. The number of allylic oxidation sites excluding steroid dienone is 4. The number of hydrogen-bond donors (Lipinski definition) is 0. The van der Waals surface area contributed by atoms with Crippen molar-refractivity contribution in [3.05, 3.63) is 24.3 Å². The second-order valence-electron chi connectivity index (χ2n) is 2.23. The third kappa shape index (κ3) is 3.13. The van der Waals surface area contributed by atoms with Gasteiger partial charge in [0.15, 0.2) is 0 Å². The molecule has 0 spiro atoms. The summed E-state index contributed by atoms with van der Waals surface area (Å²) in [5.41, 5.74) is 0.537. The van der Waals surface area contributed by atoms with Gasteiger partial charge in [-0.25, -0.2) is 8.42 Å². The lowest BCUT2D eigenvalue weighted by Crippen LogP contribution is -2.00. The lowest BCUT2D eigenvalue weighted by Gasteiger charge is -1.97. The molecular formula is C7H8NO2S. The fraction of sp³-hybridized carbons (Fsp3) is 0.286. The van der Waals surface area contributed by atoms with Crippen LogP contribution in [0.1, 0.15) is 6.42 Å². The van der Waals surface area contributed by atoms with E-state index in [0.717, 1.165) is 6.26 Å². The van der Waals surface area contributed by atoms with Crippen LogP contribution >= 0.6 is 0 Å². The first-order chi connectivity index (χ1) is 5.08. The molecule has 0 saturated carbocycles. The summed E-state index contributed by atoms with van der Waals surface area (Å²) >= 11 is 0. The van der Waals surface area contributed by atoms with Gasteiger partial charge in [0, 0.05) is 6.42 Å². The Labute approximate surface area is 66.2 Å². The Morgan fingerprint density at radius 1 is 1.64 bits per heavy atom. The van der Waals surface area contributed by atoms with Crippen LogP contribution in [0.2, 0.25) is 0 Å². The van der Waals surface area contributed by atoms with Crippen molar-refractivity contribution in [2.75, 3.05) is 6.26 Å². The summed E-state index contributed by atoms with van der Waals surface area (Å²) in [6.07, 6.45) is 9.52. The maximum atomic E-state index is 10.6. The average Bonchev–Trinajstić information content (AvgIpc) is 1.85. The summed E-state index contributed by atoms with van der Waals surface area (Å²) in [7, 11) is -3.24. The Bertz CT molecular complexity index is 322. The first kappa shape index (κ1) is 8.20. The summed E-state index contributed by atoms with van der Waals surface area (Å²) < 4.78 is 24.8. The largest absolute Gasteiger partial charge is 0.250 e. The molecule has 0 aliphatic heterocycles. The molecule has 11 heavy (non-hydrogen) atoms. The van der Waals surface area contributed by atoms with Gasteiger partial charge in [-0.05, 0) is 12.2 Å². The van der Waals surface area contributed by atoms with E-state index in [1.807, 2.05) is 6.08 Å². The van der Waals surface area contributed by atoms with E-state index >= 15 is 0 Å². The van der Waals surface area contributed by atoms with Crippen LogP contribution in [-0.2, 0) is 10.0 Å². The van der Waals surface area contributed by atoms with Crippen molar-refractivity contribution in [2.45, 2.75) is 6.42 Å². The van der Waals surface area contributed by atoms with E-state index in [4.69, 9.17) is 0 Å². The van der Waals surface area contributed by atoms with Crippen molar-refractivity contribution < 1.29 is 8.42 Å². The zero-order valence-corrected chi connectivity index (χ0v) is 6.93. The highest BCUT2D eigenvalue weighted by molar-refractivity contribution is 7.89. The van der Waals surface area contributed by atoms with Crippen LogP contribution in [0.4, 0.5) is 0 Å². The van der Waals surface area contributed by atoms with Gasteiger partial charge in [-0.3, -0.25) is 0 Å². The van der Waals surface area contributed by atoms with Gasteiger partial charge in [0.2, 0.25) is 10.0 Å². The molecule has 1 radical (unpaired) electrons. The number of rotatable bonds is 1. The molecule has 1 aliphatic carbocycles. The second-order valence-corrected chi connectivity index (χ2v) is 3.88. The number of sulfonamides is 1. The molecule has 0 aromatic heterocycles. The molecule has 0 aromatic rings. The van der Waals surface area contributed by atoms with Crippen LogP contribution in [0, 0.1) is 6.08 Å². The minimum atomic E-state index is -3.24. The molecule has 0 heterocycles. The monoisotopic (exact) mass is 170 g/mol. The van der Waals surface area contributed by atoms with E-state index in [-0.39, 0.29) is 0 Å². The highest BCUT2D eigenvalue weighted by Gasteiger charge is 2.01. The zero-order valence-electron chi connectivity index (χ0n) is 6.11. The predicted molar refractivity (Wildman–Crippen MR) is 43.8 cm³/mol. The molecule has 0 aromatic carbocycles. The molecule has 1 aliphatic rings. The molecule has 0 unspecified atom stereocenters. The van der Waals surface area contributed by atoms with E-state index in [1.54, 1.807) is 12.2 Å². The van der Waals surface area contributed by atoms with Gasteiger partial charge in [0.1, 0.15) is 0 Å². The van der Waals surface area contributed by atoms with E-state index in [9.17, 15) is 8.42 Å². The molecule has 59 valence electrons. The molecule has 1 rings (SSSR count). The van der Waals surface area contributed by atoms with Gasteiger partial charge in [-0.1, -0.05) is 12.2 Å². The minimum absolute atomic E-state index is 0.537. The third-order valence-corrected chi connectivity index (χ3v) is 1.64. The number of nitrogens with zero attached hydrogens (tertiary/aromatic N) is 1. The quantitative estimate of drug-likeness (QED) is 0.581. The summed E-state index contributed by atoms with van der Waals surface area (Å²) in [5.74, 6) is 0. The summed E-state index contributed by atoms with van der Waals surface area (Å²) in [6, 6.07) is 0. The van der Waals surface area contributed by atoms with Crippen LogP contribution in [0.25, 0.3) is 0 Å². The summed E-state index contributed by atoms with van der Waals surface area (Å²) in [4.78, 5) is 0. The fourth-order valence-corrected chi connectivity index (χ4v) is 1.28. The standard InChI is InChI=1S/C7H8NO2S/c1-11(9,10)8-7-5-3-2-4-6-7/h2-3,6H,5H2,1H3. The lowest BCUT2D eigenvalue weighted by molar-refractivity contribution is 0.603. The van der Waals surface area contributed by atoms with Crippen molar-refractivity contribution in [2.24, 2.45) is 4.40 Å². The predicted octanol–water partition coefficient (Wildman–Crippen LogP) is 0.706. The van der Waals surface area contributed by atoms with Crippen molar-refractivity contribution in [3.63, 3.8) is 0 Å². The van der Waals surface area contributed by atoms with Gasteiger partial charge in [-0.2, -0.15) is 4.40 Å². The highest BCUT2D eigenvalue weighted by atomic mass is 32.2. The van der Waals surface area contributed by atoms with Crippen LogP contribution in [0.15, 0.2) is 22.6 Å². The smallest absolute Gasteiger partial charge is 0.205 e. The Kier molecular flexibility index (Phi) is 2.24. The SMILES string of the molecule is CS(=O)(=O)N=C1C=[C]C=CC1. The summed E-state index contributed by atoms with van der Waals surface area (Å²) in [6.45, 7) is 0. The van der Waals surface area contributed by atoms with Gasteiger partial charge in [0.25, 0.3) is 0 Å². The molecule has 0 atom stereocenters. The Morgan fingerprint density at radius 3 is 2.82 bits per heavy atom. The normalized spacial score (nSPS) is 21.0. The van der Waals surface area contributed by atoms with Crippen LogP contribution in [0.3, 0.4) is 0 Å². The van der Waals surface area contributed by atoms with Crippen LogP contribution in [-0.4, -0.2) is 20.4 Å². The third-order valence-electron chi connectivity index (χ3n) is 1.07. The molecule has 0 saturated heterocycles. The van der Waals surface area contributed by atoms with Crippen molar-refractivity contribution >= 4 is 15.7 Å². The second kappa shape index (κ2) is 3.00.